The Morgan fingerprint density at radius 2 is 1.84 bits per heavy atom. The maximum atomic E-state index is 9.55. The fourth-order valence-corrected chi connectivity index (χ4v) is 2.08. The van der Waals surface area contributed by atoms with Gasteiger partial charge in [0.15, 0.2) is 0 Å². The normalized spacial score (nSPS) is 13.8. The molecule has 19 heavy (non-hydrogen) atoms. The van der Waals surface area contributed by atoms with Crippen molar-refractivity contribution >= 4 is 21.9 Å². The summed E-state index contributed by atoms with van der Waals surface area (Å²) in [6, 6.07) is 9.96. The van der Waals surface area contributed by atoms with E-state index in [1.165, 1.54) is 5.56 Å². The third-order valence-electron chi connectivity index (χ3n) is 3.06. The third-order valence-corrected chi connectivity index (χ3v) is 3.47. The summed E-state index contributed by atoms with van der Waals surface area (Å²) < 4.78 is 0.828. The maximum absolute atomic E-state index is 9.55. The van der Waals surface area contributed by atoms with Crippen molar-refractivity contribution in [2.24, 2.45) is 0 Å². The molecule has 0 aliphatic rings. The summed E-state index contributed by atoms with van der Waals surface area (Å²) >= 11 is 3.29. The molecular weight excluding hydrogens is 306 g/mol. The summed E-state index contributed by atoms with van der Waals surface area (Å²) in [5.74, 6) is 0.684. The first kappa shape index (κ1) is 14.0. The Morgan fingerprint density at radius 1 is 1.21 bits per heavy atom. The van der Waals surface area contributed by atoms with Gasteiger partial charge in [-0.25, -0.2) is 9.97 Å². The number of aromatic nitrogens is 2. The predicted molar refractivity (Wildman–Crippen MR) is 79.1 cm³/mol. The molecule has 100 valence electrons. The van der Waals surface area contributed by atoms with E-state index in [1.807, 2.05) is 18.2 Å². The number of aliphatic hydroxyl groups excluding tert-OH is 1. The highest BCUT2D eigenvalue weighted by Gasteiger charge is 2.18. The van der Waals surface area contributed by atoms with Crippen molar-refractivity contribution in [1.29, 1.82) is 0 Å². The standard InChI is InChI=1S/C14H16BrN3O/c1-10(11-5-3-2-4-6-11)13(9-19)18-14-16-7-12(15)8-17-14/h2-8,10,13,19H,9H2,1H3,(H,16,17,18)/t10-,13+/m1/s1. The zero-order valence-electron chi connectivity index (χ0n) is 10.6. The second-order valence-electron chi connectivity index (χ2n) is 4.36. The molecule has 0 saturated carbocycles. The Labute approximate surface area is 121 Å². The second-order valence-corrected chi connectivity index (χ2v) is 5.27. The van der Waals surface area contributed by atoms with E-state index in [2.05, 4.69) is 50.3 Å². The first-order valence-electron chi connectivity index (χ1n) is 6.10. The lowest BCUT2D eigenvalue weighted by molar-refractivity contribution is 0.261. The molecule has 0 spiro atoms. The fraction of sp³-hybridized carbons (Fsp3) is 0.286. The lowest BCUT2D eigenvalue weighted by Crippen LogP contribution is -2.30. The first-order chi connectivity index (χ1) is 9.20. The van der Waals surface area contributed by atoms with Crippen molar-refractivity contribution in [3.05, 3.63) is 52.8 Å². The van der Waals surface area contributed by atoms with E-state index in [4.69, 9.17) is 0 Å². The van der Waals surface area contributed by atoms with Crippen molar-refractivity contribution in [2.45, 2.75) is 18.9 Å². The van der Waals surface area contributed by atoms with Crippen LogP contribution in [0, 0.1) is 0 Å². The molecule has 0 fully saturated rings. The van der Waals surface area contributed by atoms with Gasteiger partial charge < -0.3 is 10.4 Å². The number of hydrogen-bond acceptors (Lipinski definition) is 4. The quantitative estimate of drug-likeness (QED) is 0.889. The topological polar surface area (TPSA) is 58.0 Å². The van der Waals surface area contributed by atoms with Gasteiger partial charge in [-0.2, -0.15) is 0 Å². The molecule has 5 heteroatoms. The van der Waals surface area contributed by atoms with Crippen LogP contribution in [0.1, 0.15) is 18.4 Å². The van der Waals surface area contributed by atoms with Gasteiger partial charge >= 0.3 is 0 Å². The molecule has 0 amide bonds. The van der Waals surface area contributed by atoms with E-state index >= 15 is 0 Å². The molecular formula is C14H16BrN3O. The molecule has 2 atom stereocenters. The average Bonchev–Trinajstić information content (AvgIpc) is 2.47. The van der Waals surface area contributed by atoms with E-state index in [0.29, 0.717) is 5.95 Å². The molecule has 0 bridgehead atoms. The number of nitrogens with zero attached hydrogens (tertiary/aromatic N) is 2. The van der Waals surface area contributed by atoms with Crippen LogP contribution in [0.3, 0.4) is 0 Å². The monoisotopic (exact) mass is 321 g/mol. The molecule has 2 aromatic rings. The Morgan fingerprint density at radius 3 is 2.42 bits per heavy atom. The van der Waals surface area contributed by atoms with Crippen LogP contribution in [-0.2, 0) is 0 Å². The SMILES string of the molecule is C[C@H](c1ccccc1)[C@H](CO)Nc1ncc(Br)cn1. The molecule has 1 heterocycles. The van der Waals surface area contributed by atoms with E-state index in [9.17, 15) is 5.11 Å². The summed E-state index contributed by atoms with van der Waals surface area (Å²) in [5.41, 5.74) is 1.17. The lowest BCUT2D eigenvalue weighted by Gasteiger charge is -2.23. The Hall–Kier alpha value is -1.46. The average molecular weight is 322 g/mol. The molecule has 2 rings (SSSR count). The smallest absolute Gasteiger partial charge is 0.222 e. The number of rotatable bonds is 5. The van der Waals surface area contributed by atoms with Gasteiger partial charge in [0.2, 0.25) is 5.95 Å². The van der Waals surface area contributed by atoms with Crippen LogP contribution < -0.4 is 5.32 Å². The Kier molecular flexibility index (Phi) is 4.87. The van der Waals surface area contributed by atoms with Crippen molar-refractivity contribution in [3.63, 3.8) is 0 Å². The predicted octanol–water partition coefficient (Wildman–Crippen LogP) is 2.82. The molecule has 1 aromatic heterocycles. The van der Waals surface area contributed by atoms with E-state index in [0.717, 1.165) is 4.47 Å². The molecule has 2 N–H and O–H groups in total. The summed E-state index contributed by atoms with van der Waals surface area (Å²) in [6.07, 6.45) is 3.36. The van der Waals surface area contributed by atoms with E-state index in [-0.39, 0.29) is 18.6 Å². The van der Waals surface area contributed by atoms with Gasteiger partial charge in [-0.05, 0) is 21.5 Å². The summed E-state index contributed by atoms with van der Waals surface area (Å²) in [6.45, 7) is 2.09. The number of hydrogen-bond donors (Lipinski definition) is 2. The van der Waals surface area contributed by atoms with Crippen LogP contribution in [0.5, 0.6) is 0 Å². The van der Waals surface area contributed by atoms with Gasteiger partial charge in [0.25, 0.3) is 0 Å². The van der Waals surface area contributed by atoms with Gasteiger partial charge in [-0.3, -0.25) is 0 Å². The Bertz CT molecular complexity index is 504. The van der Waals surface area contributed by atoms with Crippen LogP contribution in [0.2, 0.25) is 0 Å². The van der Waals surface area contributed by atoms with E-state index < -0.39 is 0 Å². The van der Waals surface area contributed by atoms with Crippen LogP contribution in [0.25, 0.3) is 0 Å². The Balaban J connectivity index is 2.10. The molecule has 0 radical (unpaired) electrons. The number of nitrogens with one attached hydrogen (secondary N) is 1. The van der Waals surface area contributed by atoms with Crippen molar-refractivity contribution < 1.29 is 5.11 Å². The maximum Gasteiger partial charge on any atom is 0.222 e. The summed E-state index contributed by atoms with van der Waals surface area (Å²) in [4.78, 5) is 8.32. The highest BCUT2D eigenvalue weighted by molar-refractivity contribution is 9.10. The highest BCUT2D eigenvalue weighted by atomic mass is 79.9. The van der Waals surface area contributed by atoms with Crippen molar-refractivity contribution in [1.82, 2.24) is 9.97 Å². The van der Waals surface area contributed by atoms with Crippen LogP contribution in [0.15, 0.2) is 47.2 Å². The number of benzene rings is 1. The zero-order chi connectivity index (χ0) is 13.7. The summed E-state index contributed by atoms with van der Waals surface area (Å²) in [5, 5.41) is 12.7. The molecule has 4 nitrogen and oxygen atoms in total. The van der Waals surface area contributed by atoms with Gasteiger partial charge in [0.1, 0.15) is 0 Å². The second kappa shape index (κ2) is 6.63. The molecule has 0 unspecified atom stereocenters. The van der Waals surface area contributed by atoms with Gasteiger partial charge in [-0.15, -0.1) is 0 Å². The van der Waals surface area contributed by atoms with Crippen LogP contribution in [-0.4, -0.2) is 27.7 Å². The molecule has 1 aromatic carbocycles. The number of anilines is 1. The third kappa shape index (κ3) is 3.75. The fourth-order valence-electron chi connectivity index (χ4n) is 1.87. The molecule has 0 saturated heterocycles. The molecule has 0 aliphatic carbocycles. The zero-order valence-corrected chi connectivity index (χ0v) is 12.2. The van der Waals surface area contributed by atoms with Gasteiger partial charge in [0.05, 0.1) is 17.1 Å². The largest absolute Gasteiger partial charge is 0.394 e. The van der Waals surface area contributed by atoms with Crippen molar-refractivity contribution in [2.75, 3.05) is 11.9 Å². The van der Waals surface area contributed by atoms with Gasteiger partial charge in [-0.1, -0.05) is 37.3 Å². The highest BCUT2D eigenvalue weighted by Crippen LogP contribution is 2.21. The van der Waals surface area contributed by atoms with Gasteiger partial charge in [0, 0.05) is 18.3 Å². The minimum atomic E-state index is -0.122. The minimum absolute atomic E-state index is 0.0233. The first-order valence-corrected chi connectivity index (χ1v) is 6.90. The minimum Gasteiger partial charge on any atom is -0.394 e. The number of halogens is 1. The molecule has 0 aliphatic heterocycles. The lowest BCUT2D eigenvalue weighted by atomic mass is 9.94. The van der Waals surface area contributed by atoms with Crippen LogP contribution in [0.4, 0.5) is 5.95 Å². The number of aliphatic hydroxyl groups is 1. The van der Waals surface area contributed by atoms with Crippen LogP contribution >= 0.6 is 15.9 Å². The summed E-state index contributed by atoms with van der Waals surface area (Å²) in [7, 11) is 0. The van der Waals surface area contributed by atoms with Crippen molar-refractivity contribution in [3.8, 4) is 0 Å². The van der Waals surface area contributed by atoms with E-state index in [1.54, 1.807) is 12.4 Å².